The Hall–Kier alpha value is -2.93. The number of rotatable bonds is 12. The summed E-state index contributed by atoms with van der Waals surface area (Å²) in [5.41, 5.74) is 5.84. The van der Waals surface area contributed by atoms with Crippen LogP contribution in [0.3, 0.4) is 0 Å². The van der Waals surface area contributed by atoms with Gasteiger partial charge in [-0.3, -0.25) is 24.0 Å². The number of thiol groups is 2. The molecule has 5 amide bonds. The fraction of sp³-hybridized carbons (Fsp3) is 0.421. The van der Waals surface area contributed by atoms with E-state index in [1.807, 2.05) is 0 Å². The van der Waals surface area contributed by atoms with Crippen LogP contribution in [0.5, 0.6) is 5.75 Å². The van der Waals surface area contributed by atoms with Gasteiger partial charge in [-0.2, -0.15) is 25.3 Å². The predicted molar refractivity (Wildman–Crippen MR) is 123 cm³/mol. The third-order valence-corrected chi connectivity index (χ3v) is 4.90. The lowest BCUT2D eigenvalue weighted by Gasteiger charge is -2.22. The third kappa shape index (κ3) is 9.47. The minimum Gasteiger partial charge on any atom is -0.508 e. The van der Waals surface area contributed by atoms with Crippen LogP contribution < -0.4 is 27.0 Å². The molecule has 0 saturated heterocycles. The first kappa shape index (κ1) is 27.1. The summed E-state index contributed by atoms with van der Waals surface area (Å²) in [5.74, 6) is -3.17. The van der Waals surface area contributed by atoms with Crippen molar-refractivity contribution in [2.45, 2.75) is 31.5 Å². The molecule has 32 heavy (non-hydrogen) atoms. The lowest BCUT2D eigenvalue weighted by Crippen LogP contribution is -2.56. The Bertz CT molecular complexity index is 836. The lowest BCUT2D eigenvalue weighted by molar-refractivity contribution is -0.132. The molecule has 0 saturated carbocycles. The molecule has 3 atom stereocenters. The minimum atomic E-state index is -1.11. The Labute approximate surface area is 196 Å². The van der Waals surface area contributed by atoms with Gasteiger partial charge in [0.1, 0.15) is 23.9 Å². The molecule has 7 N–H and O–H groups in total. The van der Waals surface area contributed by atoms with E-state index < -0.39 is 54.2 Å². The van der Waals surface area contributed by atoms with E-state index in [4.69, 9.17) is 5.73 Å². The van der Waals surface area contributed by atoms with E-state index in [1.165, 1.54) is 19.1 Å². The second-order valence-electron chi connectivity index (χ2n) is 6.79. The average molecular weight is 486 g/mol. The van der Waals surface area contributed by atoms with Crippen molar-refractivity contribution in [2.75, 3.05) is 18.1 Å². The maximum atomic E-state index is 12.7. The van der Waals surface area contributed by atoms with E-state index in [-0.39, 0.29) is 23.7 Å². The zero-order valence-corrected chi connectivity index (χ0v) is 19.1. The number of benzene rings is 1. The normalized spacial score (nSPS) is 13.2. The number of carbonyl (C=O) groups is 5. The summed E-state index contributed by atoms with van der Waals surface area (Å²) in [5, 5.41) is 19.1. The summed E-state index contributed by atoms with van der Waals surface area (Å²) < 4.78 is 0. The van der Waals surface area contributed by atoms with Crippen LogP contribution in [0.25, 0.3) is 0 Å². The van der Waals surface area contributed by atoms with Crippen LogP contribution in [-0.4, -0.2) is 70.8 Å². The highest BCUT2D eigenvalue weighted by Crippen LogP contribution is 2.11. The molecule has 0 fully saturated rings. The molecule has 0 bridgehead atoms. The SMILES string of the molecule is CC(=O)N[C@@H](CS)C(=O)NCC(=O)N[C@@H](Cc1ccc(O)cc1)C(=O)N[C@@H](CS)C(N)=O. The van der Waals surface area contributed by atoms with Gasteiger partial charge in [0.15, 0.2) is 0 Å². The molecule has 11 nitrogen and oxygen atoms in total. The molecule has 0 aliphatic rings. The maximum absolute atomic E-state index is 12.7. The van der Waals surface area contributed by atoms with Crippen LogP contribution >= 0.6 is 25.3 Å². The van der Waals surface area contributed by atoms with E-state index in [1.54, 1.807) is 12.1 Å². The molecule has 0 aliphatic carbocycles. The van der Waals surface area contributed by atoms with E-state index >= 15 is 0 Å². The summed E-state index contributed by atoms with van der Waals surface area (Å²) in [6.45, 7) is 0.779. The van der Waals surface area contributed by atoms with Crippen molar-refractivity contribution in [3.8, 4) is 5.75 Å². The van der Waals surface area contributed by atoms with Crippen molar-refractivity contribution in [1.82, 2.24) is 21.3 Å². The van der Waals surface area contributed by atoms with Gasteiger partial charge in [-0.25, -0.2) is 0 Å². The zero-order chi connectivity index (χ0) is 24.3. The standard InChI is InChI=1S/C19H27N5O6S2/c1-10(25)22-15(9-32)18(29)21-7-16(27)23-13(6-11-2-4-12(26)5-3-11)19(30)24-14(8-31)17(20)28/h2-5,13-15,26,31-32H,6-9H2,1H3,(H2,20,28)(H,21,29)(H,22,25)(H,23,27)(H,24,30)/t13-,14-,15-/m0/s1. The number of carbonyl (C=O) groups excluding carboxylic acids is 5. The Morgan fingerprint density at radius 1 is 0.906 bits per heavy atom. The topological polar surface area (TPSA) is 180 Å². The van der Waals surface area contributed by atoms with Gasteiger partial charge in [-0.1, -0.05) is 12.1 Å². The molecule has 0 aliphatic heterocycles. The molecule has 0 radical (unpaired) electrons. The van der Waals surface area contributed by atoms with Gasteiger partial charge >= 0.3 is 0 Å². The van der Waals surface area contributed by atoms with Crippen molar-refractivity contribution in [1.29, 1.82) is 0 Å². The number of phenols is 1. The number of hydrogen-bond acceptors (Lipinski definition) is 8. The first-order valence-electron chi connectivity index (χ1n) is 9.50. The molecule has 13 heteroatoms. The molecule has 0 spiro atoms. The number of primary amides is 1. The van der Waals surface area contributed by atoms with Crippen molar-refractivity contribution >= 4 is 54.8 Å². The van der Waals surface area contributed by atoms with E-state index in [0.29, 0.717) is 5.56 Å². The van der Waals surface area contributed by atoms with E-state index in [2.05, 4.69) is 46.5 Å². The Morgan fingerprint density at radius 3 is 2.00 bits per heavy atom. The van der Waals surface area contributed by atoms with Gasteiger partial charge in [-0.05, 0) is 17.7 Å². The van der Waals surface area contributed by atoms with Gasteiger partial charge in [0, 0.05) is 24.9 Å². The molecule has 0 heterocycles. The van der Waals surface area contributed by atoms with Crippen LogP contribution in [0.1, 0.15) is 12.5 Å². The lowest BCUT2D eigenvalue weighted by atomic mass is 10.0. The van der Waals surface area contributed by atoms with Crippen LogP contribution in [-0.2, 0) is 30.4 Å². The number of phenolic OH excluding ortho intramolecular Hbond substituents is 1. The average Bonchev–Trinajstić information content (AvgIpc) is 2.74. The van der Waals surface area contributed by atoms with Crippen LogP contribution in [0.2, 0.25) is 0 Å². The van der Waals surface area contributed by atoms with Crippen LogP contribution in [0, 0.1) is 0 Å². The van der Waals surface area contributed by atoms with Crippen molar-refractivity contribution in [3.63, 3.8) is 0 Å². The number of hydrogen-bond donors (Lipinski definition) is 8. The van der Waals surface area contributed by atoms with Gasteiger partial charge < -0.3 is 32.1 Å². The second kappa shape index (κ2) is 13.5. The van der Waals surface area contributed by atoms with E-state index in [0.717, 1.165) is 0 Å². The molecular weight excluding hydrogens is 458 g/mol. The van der Waals surface area contributed by atoms with Crippen LogP contribution in [0.15, 0.2) is 24.3 Å². The van der Waals surface area contributed by atoms with Crippen molar-refractivity contribution in [3.05, 3.63) is 29.8 Å². The first-order valence-corrected chi connectivity index (χ1v) is 10.8. The Kier molecular flexibility index (Phi) is 11.4. The first-order chi connectivity index (χ1) is 15.1. The minimum absolute atomic E-state index is 0.0249. The molecule has 1 rings (SSSR count). The number of nitrogens with two attached hydrogens (primary N) is 1. The largest absolute Gasteiger partial charge is 0.508 e. The molecule has 0 aromatic heterocycles. The molecule has 1 aromatic rings. The highest BCUT2D eigenvalue weighted by molar-refractivity contribution is 7.80. The monoisotopic (exact) mass is 485 g/mol. The maximum Gasteiger partial charge on any atom is 0.243 e. The quantitative estimate of drug-likeness (QED) is 0.157. The molecule has 1 aromatic carbocycles. The van der Waals surface area contributed by atoms with Crippen LogP contribution in [0.4, 0.5) is 0 Å². The highest BCUT2D eigenvalue weighted by Gasteiger charge is 2.26. The molecule has 0 unspecified atom stereocenters. The van der Waals surface area contributed by atoms with Gasteiger partial charge in [0.2, 0.25) is 29.5 Å². The summed E-state index contributed by atoms with van der Waals surface area (Å²) in [6, 6.07) is 2.90. The number of aromatic hydroxyl groups is 1. The third-order valence-electron chi connectivity index (χ3n) is 4.17. The smallest absolute Gasteiger partial charge is 0.243 e. The fourth-order valence-electron chi connectivity index (χ4n) is 2.53. The summed E-state index contributed by atoms with van der Waals surface area (Å²) >= 11 is 7.96. The molecule has 176 valence electrons. The number of nitrogens with one attached hydrogen (secondary N) is 4. The predicted octanol–water partition coefficient (Wildman–Crippen LogP) is -2.13. The summed E-state index contributed by atoms with van der Waals surface area (Å²) in [7, 11) is 0. The van der Waals surface area contributed by atoms with Crippen molar-refractivity contribution < 1.29 is 29.1 Å². The van der Waals surface area contributed by atoms with Crippen molar-refractivity contribution in [2.24, 2.45) is 5.73 Å². The highest BCUT2D eigenvalue weighted by atomic mass is 32.1. The second-order valence-corrected chi connectivity index (χ2v) is 7.52. The summed E-state index contributed by atoms with van der Waals surface area (Å²) in [4.78, 5) is 59.7. The Balaban J connectivity index is 2.84. The zero-order valence-electron chi connectivity index (χ0n) is 17.3. The van der Waals surface area contributed by atoms with Gasteiger partial charge in [0.25, 0.3) is 0 Å². The van der Waals surface area contributed by atoms with E-state index in [9.17, 15) is 29.1 Å². The molecular formula is C19H27N5O6S2. The number of amides is 5. The van der Waals surface area contributed by atoms with Gasteiger partial charge in [-0.15, -0.1) is 0 Å². The Morgan fingerprint density at radius 2 is 1.50 bits per heavy atom. The summed E-state index contributed by atoms with van der Waals surface area (Å²) in [6.07, 6.45) is 0.0367. The van der Waals surface area contributed by atoms with Gasteiger partial charge in [0.05, 0.1) is 6.54 Å². The fourth-order valence-corrected chi connectivity index (χ4v) is 3.06.